The smallest absolute Gasteiger partial charge is 0.305 e. The van der Waals surface area contributed by atoms with Crippen molar-refractivity contribution >= 4 is 23.0 Å². The topological polar surface area (TPSA) is 119 Å². The number of nitrogens with one attached hydrogen (secondary N) is 1. The zero-order valence-electron chi connectivity index (χ0n) is 18.9. The van der Waals surface area contributed by atoms with Gasteiger partial charge in [0.1, 0.15) is 23.6 Å². The minimum Gasteiger partial charge on any atom is -0.492 e. The Kier molecular flexibility index (Phi) is 8.73. The van der Waals surface area contributed by atoms with Crippen molar-refractivity contribution in [2.24, 2.45) is 0 Å². The van der Waals surface area contributed by atoms with E-state index in [2.05, 4.69) is 20.2 Å². The van der Waals surface area contributed by atoms with Gasteiger partial charge in [0.05, 0.1) is 32.5 Å². The van der Waals surface area contributed by atoms with E-state index in [0.29, 0.717) is 24.3 Å². The number of nitrogens with zero attached hydrogens (tertiary/aromatic N) is 4. The summed E-state index contributed by atoms with van der Waals surface area (Å²) in [5.41, 5.74) is 2.55. The van der Waals surface area contributed by atoms with Crippen LogP contribution in [-0.4, -0.2) is 83.4 Å². The van der Waals surface area contributed by atoms with Crippen LogP contribution in [0.5, 0.6) is 5.75 Å². The second-order valence-electron chi connectivity index (χ2n) is 7.68. The van der Waals surface area contributed by atoms with E-state index < -0.39 is 5.97 Å². The number of hydrogen-bond donors (Lipinski definition) is 2. The molecule has 0 saturated carbocycles. The van der Waals surface area contributed by atoms with Crippen LogP contribution in [0.15, 0.2) is 42.7 Å². The lowest BCUT2D eigenvalue weighted by Crippen LogP contribution is -2.28. The summed E-state index contributed by atoms with van der Waals surface area (Å²) >= 11 is 0. The Morgan fingerprint density at radius 3 is 2.73 bits per heavy atom. The van der Waals surface area contributed by atoms with Crippen molar-refractivity contribution < 1.29 is 24.2 Å². The highest BCUT2D eigenvalue weighted by molar-refractivity contribution is 5.94. The highest BCUT2D eigenvalue weighted by Crippen LogP contribution is 2.21. The number of hydrogen-bond acceptors (Lipinski definition) is 7. The number of para-hydroxylation sites is 1. The first kappa shape index (κ1) is 24.1. The van der Waals surface area contributed by atoms with E-state index in [4.69, 9.17) is 14.6 Å². The monoisotopic (exact) mass is 455 g/mol. The van der Waals surface area contributed by atoms with Crippen LogP contribution >= 0.6 is 0 Å². The second kappa shape index (κ2) is 11.9. The Balaban J connectivity index is 1.64. The van der Waals surface area contributed by atoms with Gasteiger partial charge in [0.2, 0.25) is 0 Å². The van der Waals surface area contributed by atoms with Crippen LogP contribution in [0.4, 0.5) is 0 Å². The molecular weight excluding hydrogens is 426 g/mol. The molecule has 0 unspecified atom stereocenters. The Hall–Kier alpha value is -3.50. The fourth-order valence-corrected chi connectivity index (χ4v) is 3.07. The summed E-state index contributed by atoms with van der Waals surface area (Å²) < 4.78 is 13.0. The molecule has 2 N–H and O–H groups in total. The summed E-state index contributed by atoms with van der Waals surface area (Å²) in [6.45, 7) is 2.49. The molecule has 10 heteroatoms. The fraction of sp³-hybridized carbons (Fsp3) is 0.391. The third-order valence-corrected chi connectivity index (χ3v) is 4.80. The molecule has 176 valence electrons. The molecule has 0 aliphatic carbocycles. The largest absolute Gasteiger partial charge is 0.492 e. The zero-order chi connectivity index (χ0) is 23.6. The molecule has 3 aromatic rings. The van der Waals surface area contributed by atoms with Crippen molar-refractivity contribution in [1.29, 1.82) is 0 Å². The third-order valence-electron chi connectivity index (χ3n) is 4.80. The minimum absolute atomic E-state index is 0.0695. The predicted octanol–water partition coefficient (Wildman–Crippen LogP) is 1.64. The summed E-state index contributed by atoms with van der Waals surface area (Å²) in [5.74, 6) is -0.451. The first-order valence-electron chi connectivity index (χ1n) is 10.7. The molecule has 0 aliphatic heterocycles. The van der Waals surface area contributed by atoms with E-state index in [9.17, 15) is 9.59 Å². The first-order valence-corrected chi connectivity index (χ1v) is 10.7. The molecule has 10 nitrogen and oxygen atoms in total. The SMILES string of the molecule is CN(C)CCOc1ccccc1Cn1cnc2ccc(C(=O)NCCOCCC(=O)O)nc21. The maximum Gasteiger partial charge on any atom is 0.305 e. The summed E-state index contributed by atoms with van der Waals surface area (Å²) in [4.78, 5) is 33.9. The van der Waals surface area contributed by atoms with Crippen LogP contribution < -0.4 is 10.1 Å². The van der Waals surface area contributed by atoms with E-state index in [1.807, 2.05) is 42.9 Å². The number of aromatic nitrogens is 3. The summed E-state index contributed by atoms with van der Waals surface area (Å²) in [5, 5.41) is 11.3. The summed E-state index contributed by atoms with van der Waals surface area (Å²) in [7, 11) is 4.00. The van der Waals surface area contributed by atoms with Crippen molar-refractivity contribution in [1.82, 2.24) is 24.8 Å². The minimum atomic E-state index is -0.920. The molecule has 2 aromatic heterocycles. The highest BCUT2D eigenvalue weighted by atomic mass is 16.5. The first-order chi connectivity index (χ1) is 15.9. The average Bonchev–Trinajstić information content (AvgIpc) is 3.18. The highest BCUT2D eigenvalue weighted by Gasteiger charge is 2.13. The number of carboxylic acids is 1. The number of ether oxygens (including phenoxy) is 2. The number of carbonyl (C=O) groups excluding carboxylic acids is 1. The van der Waals surface area contributed by atoms with Crippen molar-refractivity contribution in [2.45, 2.75) is 13.0 Å². The van der Waals surface area contributed by atoms with Gasteiger partial charge in [-0.25, -0.2) is 9.97 Å². The van der Waals surface area contributed by atoms with Crippen LogP contribution in [0, 0.1) is 0 Å². The van der Waals surface area contributed by atoms with Gasteiger partial charge < -0.3 is 29.4 Å². The van der Waals surface area contributed by atoms with E-state index in [-0.39, 0.29) is 37.8 Å². The molecule has 3 rings (SSSR count). The number of aliphatic carboxylic acids is 1. The van der Waals surface area contributed by atoms with Crippen LogP contribution in [0.1, 0.15) is 22.5 Å². The van der Waals surface area contributed by atoms with Crippen LogP contribution in [-0.2, 0) is 16.1 Å². The molecule has 0 bridgehead atoms. The van der Waals surface area contributed by atoms with Crippen LogP contribution in [0.2, 0.25) is 0 Å². The maximum atomic E-state index is 12.5. The van der Waals surface area contributed by atoms with Crippen molar-refractivity contribution in [3.05, 3.63) is 54.0 Å². The van der Waals surface area contributed by atoms with Crippen molar-refractivity contribution in [2.75, 3.05) is 47.0 Å². The van der Waals surface area contributed by atoms with Gasteiger partial charge >= 0.3 is 5.97 Å². The summed E-state index contributed by atoms with van der Waals surface area (Å²) in [6.07, 6.45) is 1.63. The zero-order valence-corrected chi connectivity index (χ0v) is 18.9. The molecule has 0 radical (unpaired) electrons. The normalized spacial score (nSPS) is 11.1. The molecule has 2 heterocycles. The van der Waals surface area contributed by atoms with Gasteiger partial charge in [-0.3, -0.25) is 9.59 Å². The molecule has 33 heavy (non-hydrogen) atoms. The predicted molar refractivity (Wildman–Crippen MR) is 123 cm³/mol. The van der Waals surface area contributed by atoms with Gasteiger partial charge in [-0.2, -0.15) is 0 Å². The number of carboxylic acid groups (broad SMARTS) is 1. The van der Waals surface area contributed by atoms with Crippen molar-refractivity contribution in [3.63, 3.8) is 0 Å². The Bertz CT molecular complexity index is 1080. The van der Waals surface area contributed by atoms with Crippen molar-refractivity contribution in [3.8, 4) is 5.75 Å². The lowest BCUT2D eigenvalue weighted by atomic mass is 10.2. The third kappa shape index (κ3) is 7.26. The number of rotatable bonds is 13. The quantitative estimate of drug-likeness (QED) is 0.374. The number of fused-ring (bicyclic) bond motifs is 1. The number of amides is 1. The standard InChI is InChI=1S/C23H29N5O5/c1-27(2)11-14-33-20-6-4-3-5-17(20)15-28-16-25-18-7-8-19(26-22(18)28)23(31)24-10-13-32-12-9-21(29)30/h3-8,16H,9-15H2,1-2H3,(H,24,31)(H,29,30). The maximum absolute atomic E-state index is 12.5. The summed E-state index contributed by atoms with van der Waals surface area (Å²) in [6, 6.07) is 11.2. The number of carbonyl (C=O) groups is 2. The van der Waals surface area contributed by atoms with E-state index >= 15 is 0 Å². The number of benzene rings is 1. The molecular formula is C23H29N5O5. The van der Waals surface area contributed by atoms with E-state index in [0.717, 1.165) is 17.9 Å². The number of pyridine rings is 1. The lowest BCUT2D eigenvalue weighted by molar-refractivity contribution is -0.138. The van der Waals surface area contributed by atoms with E-state index in [1.54, 1.807) is 18.5 Å². The van der Waals surface area contributed by atoms with Crippen LogP contribution in [0.3, 0.4) is 0 Å². The molecule has 0 atom stereocenters. The number of imidazole rings is 1. The van der Waals surface area contributed by atoms with Gasteiger partial charge in [0.15, 0.2) is 5.65 Å². The fourth-order valence-electron chi connectivity index (χ4n) is 3.07. The lowest BCUT2D eigenvalue weighted by Gasteiger charge is -2.14. The number of likely N-dealkylation sites (N-methyl/N-ethyl adjacent to an activating group) is 1. The average molecular weight is 456 g/mol. The van der Waals surface area contributed by atoms with Gasteiger partial charge in [-0.05, 0) is 32.3 Å². The second-order valence-corrected chi connectivity index (χ2v) is 7.68. The van der Waals surface area contributed by atoms with E-state index in [1.165, 1.54) is 0 Å². The Morgan fingerprint density at radius 2 is 1.94 bits per heavy atom. The Morgan fingerprint density at radius 1 is 1.12 bits per heavy atom. The van der Waals surface area contributed by atoms with Gasteiger partial charge in [-0.15, -0.1) is 0 Å². The van der Waals surface area contributed by atoms with Gasteiger partial charge in [0, 0.05) is 18.7 Å². The van der Waals surface area contributed by atoms with Gasteiger partial charge in [0.25, 0.3) is 5.91 Å². The molecule has 1 amide bonds. The Labute approximate surface area is 192 Å². The van der Waals surface area contributed by atoms with Crippen LogP contribution in [0.25, 0.3) is 11.2 Å². The molecule has 1 aromatic carbocycles. The van der Waals surface area contributed by atoms with Gasteiger partial charge in [-0.1, -0.05) is 18.2 Å². The molecule has 0 saturated heterocycles. The molecule has 0 aliphatic rings. The molecule has 0 spiro atoms. The molecule has 0 fully saturated rings.